The van der Waals surface area contributed by atoms with Gasteiger partial charge in [0.1, 0.15) is 0 Å². The monoisotopic (exact) mass is 589 g/mol. The molecule has 1 saturated carbocycles. The number of nitrogens with one attached hydrogen (secondary N) is 1. The number of piperidine rings is 1. The maximum absolute atomic E-state index is 14.4. The maximum atomic E-state index is 14.4. The van der Waals surface area contributed by atoms with Gasteiger partial charge in [-0.1, -0.05) is 29.6 Å². The Hall–Kier alpha value is -2.70. The van der Waals surface area contributed by atoms with Crippen molar-refractivity contribution in [3.8, 4) is 0 Å². The summed E-state index contributed by atoms with van der Waals surface area (Å²) in [5.41, 5.74) is -1.94. The summed E-state index contributed by atoms with van der Waals surface area (Å²) in [5.74, 6) is -3.23. The summed E-state index contributed by atoms with van der Waals surface area (Å²) in [6.45, 7) is 0.136. The first kappa shape index (κ1) is 29.3. The molecular weight excluding hydrogens is 562 g/mol. The number of carboxylic acids is 1. The number of hydrogen-bond donors (Lipinski definition) is 2. The number of carboxylic acid groups (broad SMARTS) is 1. The summed E-state index contributed by atoms with van der Waals surface area (Å²) in [6.07, 6.45) is 1.69. The number of amides is 1. The quantitative estimate of drug-likeness (QED) is 0.421. The standard InChI is InChI=1S/C25H28Cl2F3N5O4/c26-18-10-31-11-19(27)21(18)20(36)13-34(12-15-3-1-2-8-32-15)23(37)17-9-33-35(22(17)25(28,29)30)16-6-4-14(5-7-16)24(38)39/h9-11,14-16,32H,1-8,12-13H2,(H,38,39). The predicted octanol–water partition coefficient (Wildman–Crippen LogP) is 4.89. The Morgan fingerprint density at radius 1 is 1.05 bits per heavy atom. The molecule has 0 aromatic carbocycles. The second kappa shape index (κ2) is 12.2. The molecule has 0 radical (unpaired) electrons. The smallest absolute Gasteiger partial charge is 0.433 e. The second-order valence-electron chi connectivity index (χ2n) is 9.93. The van der Waals surface area contributed by atoms with Gasteiger partial charge in [-0.25, -0.2) is 0 Å². The van der Waals surface area contributed by atoms with E-state index in [1.165, 1.54) is 12.4 Å². The number of alkyl halides is 3. The molecule has 2 fully saturated rings. The summed E-state index contributed by atoms with van der Waals surface area (Å²) in [7, 11) is 0. The normalized spacial score (nSPS) is 21.9. The van der Waals surface area contributed by atoms with E-state index in [9.17, 15) is 32.7 Å². The van der Waals surface area contributed by atoms with Gasteiger partial charge >= 0.3 is 12.1 Å². The molecule has 1 amide bonds. The van der Waals surface area contributed by atoms with Crippen molar-refractivity contribution < 1.29 is 32.7 Å². The molecular formula is C25H28Cl2F3N5O4. The minimum atomic E-state index is -4.92. The third-order valence-corrected chi connectivity index (χ3v) is 7.87. The molecule has 14 heteroatoms. The van der Waals surface area contributed by atoms with Crippen molar-refractivity contribution >= 4 is 40.9 Å². The van der Waals surface area contributed by atoms with Gasteiger partial charge in [0.05, 0.1) is 45.9 Å². The number of carbonyl (C=O) groups is 3. The van der Waals surface area contributed by atoms with Crippen LogP contribution in [0, 0.1) is 5.92 Å². The fourth-order valence-corrected chi connectivity index (χ4v) is 5.89. The van der Waals surface area contributed by atoms with Crippen LogP contribution in [0.25, 0.3) is 0 Å². The summed E-state index contributed by atoms with van der Waals surface area (Å²) in [5, 5.41) is 16.4. The molecule has 1 unspecified atom stereocenters. The van der Waals surface area contributed by atoms with Gasteiger partial charge < -0.3 is 15.3 Å². The van der Waals surface area contributed by atoms with Gasteiger partial charge in [0.25, 0.3) is 5.91 Å². The Morgan fingerprint density at radius 2 is 1.72 bits per heavy atom. The highest BCUT2D eigenvalue weighted by Crippen LogP contribution is 2.39. The van der Waals surface area contributed by atoms with Crippen molar-refractivity contribution in [2.45, 2.75) is 63.2 Å². The van der Waals surface area contributed by atoms with Crippen molar-refractivity contribution in [3.63, 3.8) is 0 Å². The molecule has 3 heterocycles. The number of pyridine rings is 1. The summed E-state index contributed by atoms with van der Waals surface area (Å²) < 4.78 is 43.9. The van der Waals surface area contributed by atoms with Crippen LogP contribution in [0.4, 0.5) is 13.2 Å². The van der Waals surface area contributed by atoms with Crippen LogP contribution < -0.4 is 5.32 Å². The van der Waals surface area contributed by atoms with E-state index in [1.54, 1.807) is 0 Å². The fourth-order valence-electron chi connectivity index (χ4n) is 5.31. The second-order valence-corrected chi connectivity index (χ2v) is 10.7. The van der Waals surface area contributed by atoms with E-state index in [-0.39, 0.29) is 53.9 Å². The van der Waals surface area contributed by atoms with E-state index in [1.807, 2.05) is 0 Å². The predicted molar refractivity (Wildman–Crippen MR) is 136 cm³/mol. The van der Waals surface area contributed by atoms with Gasteiger partial charge in [-0.2, -0.15) is 18.3 Å². The van der Waals surface area contributed by atoms with Crippen molar-refractivity contribution in [2.75, 3.05) is 19.6 Å². The molecule has 2 aliphatic rings. The molecule has 1 saturated heterocycles. The maximum Gasteiger partial charge on any atom is 0.433 e. The van der Waals surface area contributed by atoms with Gasteiger partial charge in [-0.05, 0) is 45.1 Å². The SMILES string of the molecule is O=C(CN(CC1CCCCN1)C(=O)c1cnn(C2CCC(C(=O)O)CC2)c1C(F)(F)F)c1c(Cl)cncc1Cl. The topological polar surface area (TPSA) is 117 Å². The van der Waals surface area contributed by atoms with Crippen LogP contribution in [0.15, 0.2) is 18.6 Å². The van der Waals surface area contributed by atoms with Crippen molar-refractivity contribution in [3.05, 3.63) is 45.5 Å². The van der Waals surface area contributed by atoms with Crippen LogP contribution >= 0.6 is 23.2 Å². The van der Waals surface area contributed by atoms with E-state index >= 15 is 0 Å². The third-order valence-electron chi connectivity index (χ3n) is 7.29. The van der Waals surface area contributed by atoms with E-state index in [0.29, 0.717) is 13.0 Å². The molecule has 2 aromatic heterocycles. The molecule has 1 aliphatic carbocycles. The van der Waals surface area contributed by atoms with Crippen LogP contribution in [0.3, 0.4) is 0 Å². The first-order valence-electron chi connectivity index (χ1n) is 12.7. The van der Waals surface area contributed by atoms with Crippen molar-refractivity contribution in [2.24, 2.45) is 5.92 Å². The van der Waals surface area contributed by atoms with Gasteiger partial charge in [0.2, 0.25) is 0 Å². The largest absolute Gasteiger partial charge is 0.481 e. The molecule has 39 heavy (non-hydrogen) atoms. The minimum Gasteiger partial charge on any atom is -0.481 e. The average Bonchev–Trinajstić information content (AvgIpc) is 3.34. The van der Waals surface area contributed by atoms with Crippen LogP contribution in [-0.2, 0) is 11.0 Å². The first-order valence-corrected chi connectivity index (χ1v) is 13.4. The third kappa shape index (κ3) is 6.72. The Labute approximate surface area is 232 Å². The van der Waals surface area contributed by atoms with Crippen LogP contribution in [0.5, 0.6) is 0 Å². The van der Waals surface area contributed by atoms with Crippen LogP contribution in [0.2, 0.25) is 10.0 Å². The average molecular weight is 590 g/mol. The molecule has 1 atom stereocenters. The Balaban J connectivity index is 1.65. The number of carbonyl (C=O) groups excluding carboxylic acids is 2. The highest BCUT2D eigenvalue weighted by atomic mass is 35.5. The summed E-state index contributed by atoms with van der Waals surface area (Å²) in [4.78, 5) is 43.1. The van der Waals surface area contributed by atoms with Crippen LogP contribution in [0.1, 0.15) is 77.4 Å². The Kier molecular flexibility index (Phi) is 9.18. The lowest BCUT2D eigenvalue weighted by molar-refractivity contribution is -0.147. The van der Waals surface area contributed by atoms with E-state index in [0.717, 1.165) is 28.6 Å². The molecule has 1 aliphatic heterocycles. The fraction of sp³-hybridized carbons (Fsp3) is 0.560. The van der Waals surface area contributed by atoms with Crippen molar-refractivity contribution in [1.82, 2.24) is 25.0 Å². The summed E-state index contributed by atoms with van der Waals surface area (Å²) >= 11 is 12.2. The van der Waals surface area contributed by atoms with Gasteiger partial charge in [0, 0.05) is 25.0 Å². The van der Waals surface area contributed by atoms with Gasteiger partial charge in [-0.15, -0.1) is 0 Å². The Bertz CT molecular complexity index is 1200. The molecule has 0 bridgehead atoms. The van der Waals surface area contributed by atoms with E-state index in [2.05, 4.69) is 15.4 Å². The molecule has 212 valence electrons. The lowest BCUT2D eigenvalue weighted by Gasteiger charge is -2.31. The zero-order chi connectivity index (χ0) is 28.3. The van der Waals surface area contributed by atoms with Gasteiger partial charge in [-0.3, -0.25) is 24.0 Å². The number of aromatic nitrogens is 3. The van der Waals surface area contributed by atoms with E-state index < -0.39 is 53.6 Å². The van der Waals surface area contributed by atoms with E-state index in [4.69, 9.17) is 23.2 Å². The molecule has 4 rings (SSSR count). The number of halogens is 5. The summed E-state index contributed by atoms with van der Waals surface area (Å²) in [6, 6.07) is -0.919. The Morgan fingerprint density at radius 3 is 2.28 bits per heavy atom. The molecule has 9 nitrogen and oxygen atoms in total. The van der Waals surface area contributed by atoms with Crippen LogP contribution in [-0.4, -0.2) is 68.1 Å². The number of hydrogen-bond acceptors (Lipinski definition) is 6. The number of rotatable bonds is 8. The van der Waals surface area contributed by atoms with Crippen molar-refractivity contribution in [1.29, 1.82) is 0 Å². The first-order chi connectivity index (χ1) is 18.5. The molecule has 0 spiro atoms. The highest BCUT2D eigenvalue weighted by molar-refractivity contribution is 6.39. The number of ketones is 1. The molecule has 2 N–H and O–H groups in total. The van der Waals surface area contributed by atoms with Gasteiger partial charge in [0.15, 0.2) is 11.5 Å². The zero-order valence-corrected chi connectivity index (χ0v) is 22.4. The minimum absolute atomic E-state index is 0.00288. The lowest BCUT2D eigenvalue weighted by atomic mass is 9.86. The number of nitrogens with zero attached hydrogens (tertiary/aromatic N) is 4. The number of aliphatic carboxylic acids is 1. The number of Topliss-reactive ketones (excluding diaryl/α,β-unsaturated/α-hetero) is 1. The lowest BCUT2D eigenvalue weighted by Crippen LogP contribution is -2.47. The highest BCUT2D eigenvalue weighted by Gasteiger charge is 2.43. The molecule has 2 aromatic rings. The zero-order valence-electron chi connectivity index (χ0n) is 20.9.